The molecule has 1 spiro atoms. The first kappa shape index (κ1) is 29.3. The molecule has 4 rings (SSSR count). The number of aliphatic carboxylic acids is 1. The fourth-order valence-electron chi connectivity index (χ4n) is 6.20. The fraction of sp³-hybridized carbons (Fsp3) is 0.714. The van der Waals surface area contributed by atoms with Gasteiger partial charge in [-0.1, -0.05) is 26.3 Å². The van der Waals surface area contributed by atoms with Crippen LogP contribution in [0.4, 0.5) is 4.79 Å². The molecule has 0 aromatic heterocycles. The average molecular weight is 508 g/mol. The van der Waals surface area contributed by atoms with E-state index in [1.54, 1.807) is 6.92 Å². The maximum Gasteiger partial charge on any atom is 1.00 e. The molecule has 1 N–H and O–H groups in total. The zero-order valence-electron chi connectivity index (χ0n) is 23.0. The Kier molecular flexibility index (Phi) is 9.81. The Morgan fingerprint density at radius 2 is 1.81 bits per heavy atom. The van der Waals surface area contributed by atoms with Gasteiger partial charge in [0.1, 0.15) is 5.75 Å². The number of hydrogen-bond acceptors (Lipinski definition) is 5. The quantitative estimate of drug-likeness (QED) is 0.516. The molecular weight excluding hydrogens is 465 g/mol. The second-order valence-corrected chi connectivity index (χ2v) is 11.3. The number of likely N-dealkylation sites (tertiary alicyclic amines) is 1. The maximum absolute atomic E-state index is 12.9. The molecule has 0 radical (unpaired) electrons. The summed E-state index contributed by atoms with van der Waals surface area (Å²) in [5, 5.41) is 14.8. The number of piperidine rings is 1. The first-order chi connectivity index (χ1) is 16.7. The predicted octanol–water partition coefficient (Wildman–Crippen LogP) is 0.409. The van der Waals surface area contributed by atoms with E-state index in [1.165, 1.54) is 16.7 Å². The zero-order valence-corrected chi connectivity index (χ0v) is 25.0. The molecule has 0 bridgehead atoms. The monoisotopic (exact) mass is 507 g/mol. The number of nitrogens with zero attached hydrogens (tertiary/aromatic N) is 2. The average Bonchev–Trinajstić information content (AvgIpc) is 3.14. The van der Waals surface area contributed by atoms with Gasteiger partial charge in [0, 0.05) is 43.6 Å². The number of carbonyl (C=O) groups is 2. The largest absolute Gasteiger partial charge is 1.00 e. The second-order valence-electron chi connectivity index (χ2n) is 11.3. The van der Waals surface area contributed by atoms with Gasteiger partial charge in [0.25, 0.3) is 0 Å². The summed E-state index contributed by atoms with van der Waals surface area (Å²) >= 11 is 0. The Labute approximate surface area is 238 Å². The molecule has 0 atom stereocenters. The number of ether oxygens (including phenoxy) is 1. The Balaban J connectivity index is 0.00000361. The number of amides is 2. The van der Waals surface area contributed by atoms with Crippen LogP contribution in [-0.4, -0.2) is 59.6 Å². The maximum atomic E-state index is 12.9. The molecule has 1 aliphatic carbocycles. The molecule has 36 heavy (non-hydrogen) atoms. The number of rotatable bonds is 8. The van der Waals surface area contributed by atoms with Crippen LogP contribution >= 0.6 is 0 Å². The normalized spacial score (nSPS) is 25.9. The van der Waals surface area contributed by atoms with E-state index in [0.29, 0.717) is 19.4 Å². The van der Waals surface area contributed by atoms with Crippen molar-refractivity contribution in [3.8, 4) is 5.75 Å². The number of hydrogen-bond donors (Lipinski definition) is 1. The summed E-state index contributed by atoms with van der Waals surface area (Å²) < 4.78 is 5.88. The fourth-order valence-corrected chi connectivity index (χ4v) is 6.20. The van der Waals surface area contributed by atoms with Crippen LogP contribution < -0.4 is 44.7 Å². The molecule has 2 saturated heterocycles. The molecule has 3 fully saturated rings. The molecule has 1 aromatic rings. The van der Waals surface area contributed by atoms with Crippen molar-refractivity contribution >= 4 is 12.0 Å². The topological polar surface area (TPSA) is 84.9 Å². The Bertz CT molecular complexity index is 937. The van der Waals surface area contributed by atoms with E-state index in [4.69, 9.17) is 4.74 Å². The summed E-state index contributed by atoms with van der Waals surface area (Å²) in [5.41, 5.74) is 3.04. The van der Waals surface area contributed by atoms with Crippen molar-refractivity contribution in [2.45, 2.75) is 97.2 Å². The summed E-state index contributed by atoms with van der Waals surface area (Å²) in [6.07, 6.45) is 6.68. The van der Waals surface area contributed by atoms with Crippen LogP contribution in [0.3, 0.4) is 0 Å². The van der Waals surface area contributed by atoms with Gasteiger partial charge in [-0.25, -0.2) is 4.79 Å². The third kappa shape index (κ3) is 6.23. The van der Waals surface area contributed by atoms with Crippen molar-refractivity contribution in [2.75, 3.05) is 26.2 Å². The van der Waals surface area contributed by atoms with E-state index < -0.39 is 11.4 Å². The van der Waals surface area contributed by atoms with Gasteiger partial charge >= 0.3 is 35.6 Å². The van der Waals surface area contributed by atoms with E-state index in [0.717, 1.165) is 70.5 Å². The van der Waals surface area contributed by atoms with Gasteiger partial charge in [-0.2, -0.15) is 0 Å². The summed E-state index contributed by atoms with van der Waals surface area (Å²) in [4.78, 5) is 28.9. The van der Waals surface area contributed by atoms with Gasteiger partial charge in [-0.3, -0.25) is 4.90 Å². The van der Waals surface area contributed by atoms with Crippen LogP contribution in [0.1, 0.15) is 82.4 Å². The molecule has 2 amide bonds. The number of carboxylic acids is 1. The van der Waals surface area contributed by atoms with Crippen molar-refractivity contribution in [3.63, 3.8) is 0 Å². The Morgan fingerprint density at radius 3 is 2.39 bits per heavy atom. The van der Waals surface area contributed by atoms with Gasteiger partial charge in [-0.15, -0.1) is 0 Å². The Hall–Kier alpha value is -1.28. The summed E-state index contributed by atoms with van der Waals surface area (Å²) in [6, 6.07) is 4.67. The van der Waals surface area contributed by atoms with Gasteiger partial charge in [0.15, 0.2) is 0 Å². The molecule has 7 nitrogen and oxygen atoms in total. The van der Waals surface area contributed by atoms with E-state index in [1.807, 2.05) is 11.8 Å². The van der Waals surface area contributed by atoms with Crippen molar-refractivity contribution in [1.82, 2.24) is 15.1 Å². The molecule has 3 aliphatic rings. The van der Waals surface area contributed by atoms with Gasteiger partial charge in [-0.05, 0) is 81.5 Å². The number of benzene rings is 1. The van der Waals surface area contributed by atoms with Crippen LogP contribution in [0.25, 0.3) is 0 Å². The number of carbonyl (C=O) groups excluding carboxylic acids is 2. The summed E-state index contributed by atoms with van der Waals surface area (Å²) in [5.74, 6) is 0.0199. The first-order valence-electron chi connectivity index (χ1n) is 13.5. The summed E-state index contributed by atoms with van der Waals surface area (Å²) in [7, 11) is 0. The second kappa shape index (κ2) is 12.1. The number of urea groups is 1. The van der Waals surface area contributed by atoms with Crippen LogP contribution in [0, 0.1) is 12.3 Å². The first-order valence-corrected chi connectivity index (χ1v) is 13.5. The van der Waals surface area contributed by atoms with Crippen LogP contribution in [0.5, 0.6) is 5.75 Å². The molecule has 2 heterocycles. The van der Waals surface area contributed by atoms with E-state index in [2.05, 4.69) is 36.2 Å². The molecule has 2 aliphatic heterocycles. The smallest absolute Gasteiger partial charge is 0.550 e. The molecule has 194 valence electrons. The number of carboxylic acid groups (broad SMARTS) is 1. The van der Waals surface area contributed by atoms with E-state index >= 15 is 0 Å². The predicted molar refractivity (Wildman–Crippen MR) is 134 cm³/mol. The SMILES string of the molecule is CCCc1cc(C)c(OCC)cc1CN1CCC2(CC1)CN([C@H]1CC[C@](C)(C(=O)[O-])CC1)C(=O)N2.[Na+]. The van der Waals surface area contributed by atoms with Crippen molar-refractivity contribution in [2.24, 2.45) is 5.41 Å². The van der Waals surface area contributed by atoms with Crippen molar-refractivity contribution in [3.05, 3.63) is 28.8 Å². The molecule has 8 heteroatoms. The van der Waals surface area contributed by atoms with E-state index in [9.17, 15) is 14.7 Å². The van der Waals surface area contributed by atoms with Crippen LogP contribution in [0.2, 0.25) is 0 Å². The molecule has 0 unspecified atom stereocenters. The standard InChI is InChI=1S/C28H43N3O4.Na/c1-5-7-21-16-20(3)24(35-6-2)17-22(21)18-30-14-12-28(13-15-30)19-31(26(34)29-28)23-8-10-27(4,11-9-23)25(32)33;/h16-17,23H,5-15,18-19H2,1-4H3,(H,29,34)(H,32,33);/q;+1/p-1/t23-,27-;. The summed E-state index contributed by atoms with van der Waals surface area (Å²) in [6.45, 7) is 12.4. The van der Waals surface area contributed by atoms with Gasteiger partial charge < -0.3 is 24.9 Å². The zero-order chi connectivity index (χ0) is 25.2. The minimum absolute atomic E-state index is 0. The molecular formula is C28H42N3NaO4. The Morgan fingerprint density at radius 1 is 1.14 bits per heavy atom. The third-order valence-electron chi connectivity index (χ3n) is 8.62. The molecule has 1 aromatic carbocycles. The number of nitrogens with one attached hydrogen (secondary N) is 1. The van der Waals surface area contributed by atoms with Gasteiger partial charge in [0.2, 0.25) is 0 Å². The third-order valence-corrected chi connectivity index (χ3v) is 8.62. The van der Waals surface area contributed by atoms with Crippen molar-refractivity contribution < 1.29 is 49.0 Å². The van der Waals surface area contributed by atoms with Crippen LogP contribution in [-0.2, 0) is 17.8 Å². The van der Waals surface area contributed by atoms with Gasteiger partial charge in [0.05, 0.1) is 12.1 Å². The number of aryl methyl sites for hydroxylation is 2. The van der Waals surface area contributed by atoms with Crippen LogP contribution in [0.15, 0.2) is 12.1 Å². The minimum Gasteiger partial charge on any atom is -0.550 e. The van der Waals surface area contributed by atoms with Crippen molar-refractivity contribution in [1.29, 1.82) is 0 Å². The van der Waals surface area contributed by atoms with E-state index in [-0.39, 0.29) is 47.2 Å². The minimum atomic E-state index is -0.963. The molecule has 1 saturated carbocycles.